The van der Waals surface area contributed by atoms with Crippen molar-refractivity contribution in [1.29, 1.82) is 0 Å². The second kappa shape index (κ2) is 5.22. The van der Waals surface area contributed by atoms with Gasteiger partial charge in [-0.05, 0) is 34.2 Å². The number of nitrogens with two attached hydrogens (primary N) is 1. The topological polar surface area (TPSA) is 63.8 Å². The van der Waals surface area contributed by atoms with E-state index >= 15 is 0 Å². The molecule has 0 aliphatic heterocycles. The van der Waals surface area contributed by atoms with Gasteiger partial charge >= 0.3 is 0 Å². The van der Waals surface area contributed by atoms with Gasteiger partial charge in [-0.1, -0.05) is 18.2 Å². The summed E-state index contributed by atoms with van der Waals surface area (Å²) in [4.78, 5) is 8.12. The predicted molar refractivity (Wildman–Crippen MR) is 72.4 cm³/mol. The number of benzene rings is 1. The van der Waals surface area contributed by atoms with Gasteiger partial charge in [-0.15, -0.1) is 0 Å². The number of halogens is 1. The standard InChI is InChI=1S/C11H11IN4/c12-9-6-14-7-15-11(9)16-10-4-2-1-3-8(10)5-13/h1-4,6-7H,5,13H2,(H,14,15,16). The quantitative estimate of drug-likeness (QED) is 0.850. The Kier molecular flexibility index (Phi) is 3.68. The first-order chi connectivity index (χ1) is 7.81. The maximum atomic E-state index is 5.67. The molecule has 0 amide bonds. The zero-order valence-electron chi connectivity index (χ0n) is 8.52. The number of hydrogen-bond donors (Lipinski definition) is 2. The van der Waals surface area contributed by atoms with Gasteiger partial charge in [-0.2, -0.15) is 0 Å². The van der Waals surface area contributed by atoms with E-state index in [1.54, 1.807) is 6.20 Å². The van der Waals surface area contributed by atoms with E-state index in [1.807, 2.05) is 24.3 Å². The van der Waals surface area contributed by atoms with Crippen LogP contribution in [0.4, 0.5) is 11.5 Å². The molecule has 5 heteroatoms. The first-order valence-corrected chi connectivity index (χ1v) is 5.89. The number of anilines is 2. The van der Waals surface area contributed by atoms with Crippen LogP contribution in [0.1, 0.15) is 5.56 Å². The van der Waals surface area contributed by atoms with E-state index in [2.05, 4.69) is 37.9 Å². The summed E-state index contributed by atoms with van der Waals surface area (Å²) in [5.41, 5.74) is 7.72. The lowest BCUT2D eigenvalue weighted by molar-refractivity contribution is 1.07. The van der Waals surface area contributed by atoms with Crippen LogP contribution < -0.4 is 11.1 Å². The molecule has 4 nitrogen and oxygen atoms in total. The lowest BCUT2D eigenvalue weighted by Crippen LogP contribution is -2.03. The van der Waals surface area contributed by atoms with Crippen LogP contribution in [0.25, 0.3) is 0 Å². The second-order valence-corrected chi connectivity index (χ2v) is 4.37. The monoisotopic (exact) mass is 326 g/mol. The summed E-state index contributed by atoms with van der Waals surface area (Å²) in [5.74, 6) is 0.802. The molecule has 1 aromatic carbocycles. The number of nitrogens with one attached hydrogen (secondary N) is 1. The smallest absolute Gasteiger partial charge is 0.147 e. The molecule has 2 aromatic rings. The van der Waals surface area contributed by atoms with Crippen molar-refractivity contribution in [3.8, 4) is 0 Å². The average Bonchev–Trinajstić information content (AvgIpc) is 2.33. The van der Waals surface area contributed by atoms with Crippen molar-refractivity contribution < 1.29 is 0 Å². The molecule has 82 valence electrons. The highest BCUT2D eigenvalue weighted by Crippen LogP contribution is 2.21. The summed E-state index contributed by atoms with van der Waals surface area (Å²) < 4.78 is 0.979. The molecule has 0 saturated heterocycles. The van der Waals surface area contributed by atoms with Crippen LogP contribution in [0, 0.1) is 3.57 Å². The third-order valence-corrected chi connectivity index (χ3v) is 2.95. The third-order valence-electron chi connectivity index (χ3n) is 2.16. The minimum atomic E-state index is 0.505. The fraction of sp³-hybridized carbons (Fsp3) is 0.0909. The fourth-order valence-corrected chi connectivity index (χ4v) is 1.79. The molecule has 3 N–H and O–H groups in total. The minimum absolute atomic E-state index is 0.505. The van der Waals surface area contributed by atoms with Gasteiger partial charge in [0, 0.05) is 18.4 Å². The normalized spacial score (nSPS) is 10.1. The van der Waals surface area contributed by atoms with Crippen LogP contribution in [0.2, 0.25) is 0 Å². The average molecular weight is 326 g/mol. The summed E-state index contributed by atoms with van der Waals surface area (Å²) in [5, 5.41) is 3.25. The lowest BCUT2D eigenvalue weighted by atomic mass is 10.2. The molecule has 0 radical (unpaired) electrons. The van der Waals surface area contributed by atoms with Crippen molar-refractivity contribution in [2.75, 3.05) is 5.32 Å². The summed E-state index contributed by atoms with van der Waals surface area (Å²) in [6, 6.07) is 7.92. The number of aromatic nitrogens is 2. The molecule has 2 rings (SSSR count). The highest BCUT2D eigenvalue weighted by molar-refractivity contribution is 14.1. The highest BCUT2D eigenvalue weighted by atomic mass is 127. The summed E-state index contributed by atoms with van der Waals surface area (Å²) in [6.07, 6.45) is 3.29. The van der Waals surface area contributed by atoms with Crippen LogP contribution in [0.5, 0.6) is 0 Å². The molecule has 16 heavy (non-hydrogen) atoms. The Bertz CT molecular complexity index is 487. The maximum absolute atomic E-state index is 5.67. The van der Waals surface area contributed by atoms with Gasteiger partial charge in [0.1, 0.15) is 12.1 Å². The van der Waals surface area contributed by atoms with Crippen molar-refractivity contribution in [2.45, 2.75) is 6.54 Å². The number of rotatable bonds is 3. The van der Waals surface area contributed by atoms with Crippen LogP contribution in [-0.2, 0) is 6.54 Å². The molecule has 0 spiro atoms. The molecule has 0 fully saturated rings. The molecule has 0 aliphatic rings. The fourth-order valence-electron chi connectivity index (χ4n) is 1.35. The zero-order chi connectivity index (χ0) is 11.4. The first-order valence-electron chi connectivity index (χ1n) is 4.82. The molecule has 1 heterocycles. The molecule has 0 saturated carbocycles. The van der Waals surface area contributed by atoms with E-state index in [-0.39, 0.29) is 0 Å². The van der Waals surface area contributed by atoms with E-state index in [9.17, 15) is 0 Å². The number of para-hydroxylation sites is 1. The van der Waals surface area contributed by atoms with E-state index in [4.69, 9.17) is 5.73 Å². The van der Waals surface area contributed by atoms with Gasteiger partial charge in [-0.3, -0.25) is 0 Å². The third kappa shape index (κ3) is 2.48. The van der Waals surface area contributed by atoms with Crippen molar-refractivity contribution in [2.24, 2.45) is 5.73 Å². The van der Waals surface area contributed by atoms with Crippen molar-refractivity contribution >= 4 is 34.1 Å². The Morgan fingerprint density at radius 3 is 2.88 bits per heavy atom. The van der Waals surface area contributed by atoms with Crippen LogP contribution >= 0.6 is 22.6 Å². The van der Waals surface area contributed by atoms with E-state index in [1.165, 1.54) is 6.33 Å². The van der Waals surface area contributed by atoms with E-state index in [0.717, 1.165) is 20.6 Å². The molecule has 0 aliphatic carbocycles. The zero-order valence-corrected chi connectivity index (χ0v) is 10.7. The second-order valence-electron chi connectivity index (χ2n) is 3.21. The molecular weight excluding hydrogens is 315 g/mol. The Balaban J connectivity index is 2.30. The van der Waals surface area contributed by atoms with Crippen LogP contribution in [0.3, 0.4) is 0 Å². The molecule has 0 unspecified atom stereocenters. The van der Waals surface area contributed by atoms with Gasteiger partial charge in [0.2, 0.25) is 0 Å². The minimum Gasteiger partial charge on any atom is -0.339 e. The summed E-state index contributed by atoms with van der Waals surface area (Å²) in [7, 11) is 0. The highest BCUT2D eigenvalue weighted by Gasteiger charge is 2.04. The SMILES string of the molecule is NCc1ccccc1Nc1ncncc1I. The van der Waals surface area contributed by atoms with E-state index in [0.29, 0.717) is 6.54 Å². The predicted octanol–water partition coefficient (Wildman–Crippen LogP) is 2.28. The Labute approximate surface area is 107 Å². The van der Waals surface area contributed by atoms with Gasteiger partial charge < -0.3 is 11.1 Å². The number of hydrogen-bond acceptors (Lipinski definition) is 4. The largest absolute Gasteiger partial charge is 0.339 e. The van der Waals surface area contributed by atoms with Gasteiger partial charge in [0.25, 0.3) is 0 Å². The van der Waals surface area contributed by atoms with Crippen LogP contribution in [-0.4, -0.2) is 9.97 Å². The Morgan fingerprint density at radius 2 is 2.12 bits per heavy atom. The first kappa shape index (κ1) is 11.3. The van der Waals surface area contributed by atoms with Gasteiger partial charge in [-0.25, -0.2) is 9.97 Å². The molecule has 0 bridgehead atoms. The summed E-state index contributed by atoms with van der Waals surface area (Å²) in [6.45, 7) is 0.505. The van der Waals surface area contributed by atoms with Gasteiger partial charge in [0.05, 0.1) is 3.57 Å². The molecule has 1 aromatic heterocycles. The van der Waals surface area contributed by atoms with Crippen molar-refractivity contribution in [3.63, 3.8) is 0 Å². The Morgan fingerprint density at radius 1 is 1.31 bits per heavy atom. The molecule has 0 atom stereocenters. The van der Waals surface area contributed by atoms with Crippen LogP contribution in [0.15, 0.2) is 36.8 Å². The molecular formula is C11H11IN4. The van der Waals surface area contributed by atoms with Crippen molar-refractivity contribution in [1.82, 2.24) is 9.97 Å². The lowest BCUT2D eigenvalue weighted by Gasteiger charge is -2.10. The van der Waals surface area contributed by atoms with Gasteiger partial charge in [0.15, 0.2) is 0 Å². The Hall–Kier alpha value is -1.21. The number of nitrogens with zero attached hydrogens (tertiary/aromatic N) is 2. The van der Waals surface area contributed by atoms with E-state index < -0.39 is 0 Å². The summed E-state index contributed by atoms with van der Waals surface area (Å²) >= 11 is 2.19. The van der Waals surface area contributed by atoms with Crippen molar-refractivity contribution in [3.05, 3.63) is 45.9 Å². The maximum Gasteiger partial charge on any atom is 0.147 e.